The van der Waals surface area contributed by atoms with Gasteiger partial charge in [0.05, 0.1) is 0 Å². The van der Waals surface area contributed by atoms with Crippen LogP contribution in [0.15, 0.2) is 18.5 Å². The maximum Gasteiger partial charge on any atom is 0.0484 e. The Morgan fingerprint density at radius 1 is 1.41 bits per heavy atom. The molecule has 1 fully saturated rings. The number of hydrogen-bond acceptors (Lipinski definition) is 3. The van der Waals surface area contributed by atoms with E-state index in [0.717, 1.165) is 32.6 Å². The van der Waals surface area contributed by atoms with E-state index in [-0.39, 0.29) is 5.54 Å². The number of rotatable bonds is 4. The van der Waals surface area contributed by atoms with Crippen LogP contribution in [-0.4, -0.2) is 29.6 Å². The third kappa shape index (κ3) is 3.41. The molecule has 1 saturated heterocycles. The monoisotopic (exact) mass is 254 g/mol. The summed E-state index contributed by atoms with van der Waals surface area (Å²) in [6.45, 7) is 4.47. The van der Waals surface area contributed by atoms with Crippen LogP contribution in [0.3, 0.4) is 0 Å². The zero-order chi connectivity index (χ0) is 12.1. The second-order valence-corrected chi connectivity index (χ2v) is 5.02. The van der Waals surface area contributed by atoms with Crippen LogP contribution in [0.1, 0.15) is 24.0 Å². The normalized spacial score (nSPS) is 19.2. The highest BCUT2D eigenvalue weighted by Gasteiger charge is 2.30. The van der Waals surface area contributed by atoms with E-state index < -0.39 is 0 Å². The smallest absolute Gasteiger partial charge is 0.0484 e. The molecule has 0 radical (unpaired) electrons. The first-order valence-corrected chi connectivity index (χ1v) is 6.57. The third-order valence-corrected chi connectivity index (χ3v) is 3.82. The summed E-state index contributed by atoms with van der Waals surface area (Å²) in [7, 11) is 0. The summed E-state index contributed by atoms with van der Waals surface area (Å²) in [4.78, 5) is 4.20. The Hall–Kier alpha value is -0.640. The van der Waals surface area contributed by atoms with Gasteiger partial charge in [0, 0.05) is 43.6 Å². The maximum absolute atomic E-state index is 6.10. The van der Waals surface area contributed by atoms with Crippen LogP contribution >= 0.6 is 11.6 Å². The lowest BCUT2D eigenvalue weighted by Crippen LogP contribution is -2.50. The SMILES string of the molecule is Cc1cncc(CNC2(CCl)CCOCC2)c1. The van der Waals surface area contributed by atoms with Crippen LogP contribution in [0.4, 0.5) is 0 Å². The second kappa shape index (κ2) is 5.80. The molecular formula is C13H19ClN2O. The summed E-state index contributed by atoms with van der Waals surface area (Å²) in [5, 5.41) is 3.58. The Morgan fingerprint density at radius 3 is 2.82 bits per heavy atom. The van der Waals surface area contributed by atoms with Gasteiger partial charge in [-0.3, -0.25) is 4.98 Å². The average Bonchev–Trinajstić information content (AvgIpc) is 2.38. The predicted molar refractivity (Wildman–Crippen MR) is 69.3 cm³/mol. The van der Waals surface area contributed by atoms with Crippen molar-refractivity contribution in [3.63, 3.8) is 0 Å². The van der Waals surface area contributed by atoms with Gasteiger partial charge in [0.2, 0.25) is 0 Å². The maximum atomic E-state index is 6.10. The van der Waals surface area contributed by atoms with Crippen molar-refractivity contribution in [1.82, 2.24) is 10.3 Å². The van der Waals surface area contributed by atoms with Crippen molar-refractivity contribution < 1.29 is 4.74 Å². The molecule has 0 unspecified atom stereocenters. The van der Waals surface area contributed by atoms with Gasteiger partial charge in [0.1, 0.15) is 0 Å². The van der Waals surface area contributed by atoms with E-state index >= 15 is 0 Å². The van der Waals surface area contributed by atoms with Crippen molar-refractivity contribution in [1.29, 1.82) is 0 Å². The number of nitrogens with one attached hydrogen (secondary N) is 1. The van der Waals surface area contributed by atoms with E-state index in [9.17, 15) is 0 Å². The van der Waals surface area contributed by atoms with Gasteiger partial charge in [-0.05, 0) is 30.9 Å². The molecule has 0 bridgehead atoms. The molecule has 2 rings (SSSR count). The topological polar surface area (TPSA) is 34.2 Å². The van der Waals surface area contributed by atoms with Gasteiger partial charge in [-0.25, -0.2) is 0 Å². The van der Waals surface area contributed by atoms with E-state index in [0.29, 0.717) is 5.88 Å². The molecule has 0 aromatic carbocycles. The Balaban J connectivity index is 1.95. The van der Waals surface area contributed by atoms with Crippen LogP contribution in [0.2, 0.25) is 0 Å². The number of alkyl halides is 1. The van der Waals surface area contributed by atoms with Crippen molar-refractivity contribution in [2.45, 2.75) is 31.8 Å². The first-order chi connectivity index (χ1) is 8.24. The molecule has 2 heterocycles. The summed E-state index contributed by atoms with van der Waals surface area (Å²) in [5.41, 5.74) is 2.43. The Kier molecular flexibility index (Phi) is 4.37. The van der Waals surface area contributed by atoms with Crippen LogP contribution in [-0.2, 0) is 11.3 Å². The van der Waals surface area contributed by atoms with Gasteiger partial charge < -0.3 is 10.1 Å². The van der Waals surface area contributed by atoms with Crippen LogP contribution < -0.4 is 5.32 Å². The molecule has 0 atom stereocenters. The van der Waals surface area contributed by atoms with Gasteiger partial charge in [0.15, 0.2) is 0 Å². The molecule has 3 nitrogen and oxygen atoms in total. The highest BCUT2D eigenvalue weighted by Crippen LogP contribution is 2.22. The highest BCUT2D eigenvalue weighted by molar-refractivity contribution is 6.18. The average molecular weight is 255 g/mol. The number of halogens is 1. The third-order valence-electron chi connectivity index (χ3n) is 3.30. The van der Waals surface area contributed by atoms with E-state index in [1.807, 2.05) is 12.4 Å². The van der Waals surface area contributed by atoms with Gasteiger partial charge in [0.25, 0.3) is 0 Å². The first-order valence-electron chi connectivity index (χ1n) is 6.03. The van der Waals surface area contributed by atoms with Crippen molar-refractivity contribution in [3.05, 3.63) is 29.6 Å². The minimum absolute atomic E-state index is 0.0313. The largest absolute Gasteiger partial charge is 0.381 e. The summed E-state index contributed by atoms with van der Waals surface area (Å²) in [6.07, 6.45) is 5.74. The quantitative estimate of drug-likeness (QED) is 0.837. The van der Waals surface area contributed by atoms with E-state index in [2.05, 4.69) is 23.3 Å². The lowest BCUT2D eigenvalue weighted by molar-refractivity contribution is 0.0459. The standard InChI is InChI=1S/C13H19ClN2O/c1-11-6-12(8-15-7-11)9-16-13(10-14)2-4-17-5-3-13/h6-8,16H,2-5,9-10H2,1H3. The molecule has 94 valence electrons. The Labute approximate surface area is 108 Å². The zero-order valence-electron chi connectivity index (χ0n) is 10.2. The van der Waals surface area contributed by atoms with Crippen LogP contribution in [0.25, 0.3) is 0 Å². The molecule has 0 aliphatic carbocycles. The minimum atomic E-state index is 0.0313. The van der Waals surface area contributed by atoms with Crippen molar-refractivity contribution in [2.24, 2.45) is 0 Å². The Morgan fingerprint density at radius 2 is 2.18 bits per heavy atom. The molecule has 1 aromatic rings. The Bertz CT molecular complexity index is 364. The molecule has 4 heteroatoms. The fraction of sp³-hybridized carbons (Fsp3) is 0.615. The van der Waals surface area contributed by atoms with Gasteiger partial charge in [-0.1, -0.05) is 6.07 Å². The molecule has 0 amide bonds. The van der Waals surface area contributed by atoms with Crippen molar-refractivity contribution in [3.8, 4) is 0 Å². The number of hydrogen-bond donors (Lipinski definition) is 1. The van der Waals surface area contributed by atoms with Crippen LogP contribution in [0.5, 0.6) is 0 Å². The van der Waals surface area contributed by atoms with E-state index in [1.54, 1.807) is 0 Å². The predicted octanol–water partition coefficient (Wildman–Crippen LogP) is 2.27. The lowest BCUT2D eigenvalue weighted by Gasteiger charge is -2.36. The number of pyridine rings is 1. The van der Waals surface area contributed by atoms with Crippen molar-refractivity contribution >= 4 is 11.6 Å². The molecule has 0 spiro atoms. The molecule has 1 aliphatic rings. The number of aryl methyl sites for hydroxylation is 1. The fourth-order valence-corrected chi connectivity index (χ4v) is 2.49. The van der Waals surface area contributed by atoms with Gasteiger partial charge in [-0.2, -0.15) is 0 Å². The van der Waals surface area contributed by atoms with Crippen LogP contribution in [0, 0.1) is 6.92 Å². The minimum Gasteiger partial charge on any atom is -0.381 e. The summed E-state index contributed by atoms with van der Waals surface area (Å²) in [5.74, 6) is 0.635. The van der Waals surface area contributed by atoms with Gasteiger partial charge >= 0.3 is 0 Å². The summed E-state index contributed by atoms with van der Waals surface area (Å²) >= 11 is 6.10. The number of ether oxygens (including phenoxy) is 1. The fourth-order valence-electron chi connectivity index (χ4n) is 2.12. The lowest BCUT2D eigenvalue weighted by atomic mass is 9.92. The number of nitrogens with zero attached hydrogens (tertiary/aromatic N) is 1. The molecule has 1 aromatic heterocycles. The van der Waals surface area contributed by atoms with E-state index in [4.69, 9.17) is 16.3 Å². The molecular weight excluding hydrogens is 236 g/mol. The summed E-state index contributed by atoms with van der Waals surface area (Å²) < 4.78 is 5.39. The summed E-state index contributed by atoms with van der Waals surface area (Å²) in [6, 6.07) is 2.15. The van der Waals surface area contributed by atoms with E-state index in [1.165, 1.54) is 11.1 Å². The highest BCUT2D eigenvalue weighted by atomic mass is 35.5. The first kappa shape index (κ1) is 12.8. The molecule has 17 heavy (non-hydrogen) atoms. The zero-order valence-corrected chi connectivity index (χ0v) is 11.0. The molecule has 1 N–H and O–H groups in total. The van der Waals surface area contributed by atoms with Gasteiger partial charge in [-0.15, -0.1) is 11.6 Å². The molecule has 0 saturated carbocycles. The molecule has 1 aliphatic heterocycles. The second-order valence-electron chi connectivity index (χ2n) is 4.75. The van der Waals surface area contributed by atoms with Crippen molar-refractivity contribution in [2.75, 3.05) is 19.1 Å². The number of aromatic nitrogens is 1.